The summed E-state index contributed by atoms with van der Waals surface area (Å²) in [6.45, 7) is 5.02. The number of hydrogen-bond acceptors (Lipinski definition) is 3. The zero-order valence-corrected chi connectivity index (χ0v) is 11.8. The van der Waals surface area contributed by atoms with Crippen molar-refractivity contribution in [2.75, 3.05) is 13.1 Å². The fourth-order valence-corrected chi connectivity index (χ4v) is 3.07. The molecule has 1 aliphatic heterocycles. The maximum Gasteiger partial charge on any atom is 0.0624 e. The first kappa shape index (κ1) is 13.1. The number of oxime groups is 1. The van der Waals surface area contributed by atoms with Crippen molar-refractivity contribution in [3.63, 3.8) is 0 Å². The summed E-state index contributed by atoms with van der Waals surface area (Å²) in [5.41, 5.74) is 2.30. The van der Waals surface area contributed by atoms with Gasteiger partial charge in [0.2, 0.25) is 0 Å². The molecule has 1 N–H and O–H groups in total. The van der Waals surface area contributed by atoms with Crippen LogP contribution < -0.4 is 0 Å². The second-order valence-electron chi connectivity index (χ2n) is 5.62. The van der Waals surface area contributed by atoms with Crippen LogP contribution in [-0.2, 0) is 6.54 Å². The maximum atomic E-state index is 8.95. The smallest absolute Gasteiger partial charge is 0.0624 e. The second-order valence-corrected chi connectivity index (χ2v) is 5.62. The molecule has 2 aromatic rings. The summed E-state index contributed by atoms with van der Waals surface area (Å²) >= 11 is 0. The minimum Gasteiger partial charge on any atom is -0.411 e. The van der Waals surface area contributed by atoms with Crippen LogP contribution in [0, 0.1) is 5.92 Å². The van der Waals surface area contributed by atoms with E-state index in [0.717, 1.165) is 31.8 Å². The molecular formula is C17H20N2O. The Morgan fingerprint density at radius 3 is 2.80 bits per heavy atom. The number of likely N-dealkylation sites (tertiary alicyclic amines) is 1. The van der Waals surface area contributed by atoms with Crippen LogP contribution in [0.5, 0.6) is 0 Å². The first-order chi connectivity index (χ1) is 9.78. The van der Waals surface area contributed by atoms with Gasteiger partial charge in [-0.1, -0.05) is 54.5 Å². The van der Waals surface area contributed by atoms with Crippen molar-refractivity contribution in [3.05, 3.63) is 48.0 Å². The summed E-state index contributed by atoms with van der Waals surface area (Å²) in [6, 6.07) is 15.0. The van der Waals surface area contributed by atoms with E-state index in [9.17, 15) is 0 Å². The van der Waals surface area contributed by atoms with Crippen LogP contribution in [-0.4, -0.2) is 28.9 Å². The van der Waals surface area contributed by atoms with Gasteiger partial charge in [0.05, 0.1) is 5.71 Å². The van der Waals surface area contributed by atoms with Gasteiger partial charge in [-0.2, -0.15) is 0 Å². The van der Waals surface area contributed by atoms with Crippen LogP contribution in [0.25, 0.3) is 10.8 Å². The quantitative estimate of drug-likeness (QED) is 0.668. The molecule has 1 fully saturated rings. The maximum absolute atomic E-state index is 8.95. The Morgan fingerprint density at radius 1 is 1.20 bits per heavy atom. The molecule has 104 valence electrons. The van der Waals surface area contributed by atoms with Crippen LogP contribution in [0.1, 0.15) is 18.9 Å². The fraction of sp³-hybridized carbons (Fsp3) is 0.353. The van der Waals surface area contributed by atoms with Gasteiger partial charge in [0.25, 0.3) is 0 Å². The molecular weight excluding hydrogens is 248 g/mol. The second kappa shape index (κ2) is 5.63. The van der Waals surface area contributed by atoms with E-state index in [-0.39, 0.29) is 0 Å². The predicted octanol–water partition coefficient (Wildman–Crippen LogP) is 3.51. The number of benzene rings is 2. The van der Waals surface area contributed by atoms with E-state index in [1.807, 2.05) is 0 Å². The van der Waals surface area contributed by atoms with Gasteiger partial charge in [0.1, 0.15) is 0 Å². The molecule has 1 atom stereocenters. The molecule has 0 amide bonds. The van der Waals surface area contributed by atoms with Crippen LogP contribution in [0.4, 0.5) is 0 Å². The first-order valence-corrected chi connectivity index (χ1v) is 7.18. The zero-order valence-electron chi connectivity index (χ0n) is 11.8. The minimum atomic E-state index is 0.337. The van der Waals surface area contributed by atoms with Gasteiger partial charge in [-0.05, 0) is 16.3 Å². The van der Waals surface area contributed by atoms with Crippen molar-refractivity contribution in [1.82, 2.24) is 4.90 Å². The van der Waals surface area contributed by atoms with E-state index in [4.69, 9.17) is 5.21 Å². The van der Waals surface area contributed by atoms with Crippen molar-refractivity contribution < 1.29 is 5.21 Å². The summed E-state index contributed by atoms with van der Waals surface area (Å²) in [6.07, 6.45) is 0.864. The molecule has 1 heterocycles. The van der Waals surface area contributed by atoms with Crippen molar-refractivity contribution in [2.45, 2.75) is 19.9 Å². The van der Waals surface area contributed by atoms with E-state index in [2.05, 4.69) is 59.4 Å². The highest BCUT2D eigenvalue weighted by atomic mass is 16.4. The molecule has 1 unspecified atom stereocenters. The van der Waals surface area contributed by atoms with Crippen LogP contribution >= 0.6 is 0 Å². The lowest BCUT2D eigenvalue weighted by atomic mass is 9.96. The highest BCUT2D eigenvalue weighted by Gasteiger charge is 2.22. The molecule has 0 aliphatic carbocycles. The third-order valence-electron chi connectivity index (χ3n) is 4.19. The number of hydrogen-bond donors (Lipinski definition) is 1. The van der Waals surface area contributed by atoms with Gasteiger partial charge in [-0.15, -0.1) is 0 Å². The molecule has 3 nitrogen and oxygen atoms in total. The van der Waals surface area contributed by atoms with Crippen LogP contribution in [0.2, 0.25) is 0 Å². The van der Waals surface area contributed by atoms with Gasteiger partial charge in [-0.3, -0.25) is 4.90 Å². The molecule has 2 aromatic carbocycles. The summed E-state index contributed by atoms with van der Waals surface area (Å²) in [7, 11) is 0. The Balaban J connectivity index is 1.80. The molecule has 1 aliphatic rings. The van der Waals surface area contributed by atoms with E-state index in [1.54, 1.807) is 0 Å². The number of piperidine rings is 1. The third-order valence-corrected chi connectivity index (χ3v) is 4.19. The van der Waals surface area contributed by atoms with E-state index < -0.39 is 0 Å². The molecule has 20 heavy (non-hydrogen) atoms. The van der Waals surface area contributed by atoms with Gasteiger partial charge in [0, 0.05) is 32.0 Å². The lowest BCUT2D eigenvalue weighted by molar-refractivity contribution is 0.229. The van der Waals surface area contributed by atoms with Gasteiger partial charge < -0.3 is 5.21 Å². The number of fused-ring (bicyclic) bond motifs is 1. The summed E-state index contributed by atoms with van der Waals surface area (Å²) in [5.74, 6) is 0.337. The van der Waals surface area contributed by atoms with E-state index in [0.29, 0.717) is 5.92 Å². The number of rotatable bonds is 2. The minimum absolute atomic E-state index is 0.337. The summed E-state index contributed by atoms with van der Waals surface area (Å²) in [4.78, 5) is 2.45. The Kier molecular flexibility index (Phi) is 3.70. The Hall–Kier alpha value is -1.87. The van der Waals surface area contributed by atoms with Crippen molar-refractivity contribution in [1.29, 1.82) is 0 Å². The van der Waals surface area contributed by atoms with Gasteiger partial charge >= 0.3 is 0 Å². The summed E-state index contributed by atoms with van der Waals surface area (Å²) in [5, 5.41) is 15.0. The van der Waals surface area contributed by atoms with Crippen LogP contribution in [0.3, 0.4) is 0 Å². The Bertz CT molecular complexity index is 630. The predicted molar refractivity (Wildman–Crippen MR) is 82.2 cm³/mol. The molecule has 3 heteroatoms. The number of nitrogens with zero attached hydrogens (tertiary/aromatic N) is 2. The molecule has 0 bridgehead atoms. The van der Waals surface area contributed by atoms with Crippen molar-refractivity contribution in [3.8, 4) is 0 Å². The van der Waals surface area contributed by atoms with E-state index >= 15 is 0 Å². The standard InChI is InChI=1S/C17H20N2O/c1-13-11-19(10-9-17(13)18-20)12-15-7-4-6-14-5-2-3-8-16(14)15/h2-8,13,20H,9-12H2,1H3/b18-17+. The first-order valence-electron chi connectivity index (χ1n) is 7.18. The van der Waals surface area contributed by atoms with Gasteiger partial charge in [0.15, 0.2) is 0 Å². The zero-order chi connectivity index (χ0) is 13.9. The Labute approximate surface area is 119 Å². The molecule has 0 spiro atoms. The summed E-state index contributed by atoms with van der Waals surface area (Å²) < 4.78 is 0. The van der Waals surface area contributed by atoms with Gasteiger partial charge in [-0.25, -0.2) is 0 Å². The average Bonchev–Trinajstić information content (AvgIpc) is 2.48. The fourth-order valence-electron chi connectivity index (χ4n) is 3.07. The van der Waals surface area contributed by atoms with Crippen LogP contribution in [0.15, 0.2) is 47.6 Å². The topological polar surface area (TPSA) is 35.8 Å². The molecule has 1 saturated heterocycles. The molecule has 0 aromatic heterocycles. The molecule has 0 saturated carbocycles. The highest BCUT2D eigenvalue weighted by Crippen LogP contribution is 2.22. The molecule has 3 rings (SSSR count). The highest BCUT2D eigenvalue weighted by molar-refractivity contribution is 5.87. The normalized spacial score (nSPS) is 22.4. The van der Waals surface area contributed by atoms with Crippen molar-refractivity contribution in [2.24, 2.45) is 11.1 Å². The third kappa shape index (κ3) is 2.54. The van der Waals surface area contributed by atoms with Crippen molar-refractivity contribution >= 4 is 16.5 Å². The van der Waals surface area contributed by atoms with E-state index in [1.165, 1.54) is 16.3 Å². The lowest BCUT2D eigenvalue weighted by Crippen LogP contribution is -2.39. The monoisotopic (exact) mass is 268 g/mol. The SMILES string of the molecule is CC1CN(Cc2cccc3ccccc23)CC/C1=N\O. The Morgan fingerprint density at radius 2 is 2.00 bits per heavy atom. The molecule has 0 radical (unpaired) electrons. The lowest BCUT2D eigenvalue weighted by Gasteiger charge is -2.31. The average molecular weight is 268 g/mol. The largest absolute Gasteiger partial charge is 0.411 e.